The number of pyridine rings is 1. The quantitative estimate of drug-likeness (QED) is 0.281. The van der Waals surface area contributed by atoms with E-state index < -0.39 is 82.4 Å². The van der Waals surface area contributed by atoms with Crippen LogP contribution in [-0.2, 0) is 30.5 Å². The van der Waals surface area contributed by atoms with Crippen LogP contribution in [0.15, 0.2) is 47.5 Å². The third-order valence-corrected chi connectivity index (χ3v) is 12.1. The molecule has 0 spiro atoms. The van der Waals surface area contributed by atoms with Gasteiger partial charge in [-0.2, -0.15) is 13.2 Å². The number of rotatable bonds is 8. The van der Waals surface area contributed by atoms with Crippen molar-refractivity contribution in [2.45, 2.75) is 86.6 Å². The molecule has 3 aromatic rings. The Labute approximate surface area is 256 Å². The molecule has 244 valence electrons. The van der Waals surface area contributed by atoms with Crippen LogP contribution < -0.4 is 0 Å². The number of nitrogens with zero attached hydrogens (tertiary/aromatic N) is 1. The molecule has 1 aliphatic carbocycles. The van der Waals surface area contributed by atoms with Crippen molar-refractivity contribution in [3.05, 3.63) is 59.7 Å². The molecule has 2 heterocycles. The van der Waals surface area contributed by atoms with Gasteiger partial charge in [-0.15, -0.1) is 0 Å². The van der Waals surface area contributed by atoms with E-state index in [9.17, 15) is 21.9 Å². The zero-order valence-electron chi connectivity index (χ0n) is 25.8. The minimum absolute atomic E-state index is 0.0108. The summed E-state index contributed by atoms with van der Waals surface area (Å²) in [7, 11) is -8.17. The van der Waals surface area contributed by atoms with E-state index in [1.165, 1.54) is 38.2 Å². The molecule has 7 nitrogen and oxygen atoms in total. The van der Waals surface area contributed by atoms with E-state index >= 15 is 17.6 Å². The summed E-state index contributed by atoms with van der Waals surface area (Å²) in [6.45, 7) is 7.62. The lowest BCUT2D eigenvalue weighted by atomic mass is 9.49. The van der Waals surface area contributed by atoms with E-state index in [0.29, 0.717) is 11.0 Å². The minimum Gasteiger partial charge on any atom is -0.380 e. The molecule has 1 saturated carbocycles. The molecule has 1 aliphatic rings. The Kier molecular flexibility index (Phi) is 8.65. The lowest BCUT2D eigenvalue weighted by Crippen LogP contribution is -2.70. The topological polar surface area (TPSA) is 117 Å². The molecule has 0 amide bonds. The maximum absolute atomic E-state index is 15.9. The Morgan fingerprint density at radius 1 is 1.09 bits per heavy atom. The van der Waals surface area contributed by atoms with Crippen molar-refractivity contribution >= 4 is 30.7 Å². The van der Waals surface area contributed by atoms with E-state index in [1.54, 1.807) is 32.9 Å². The third-order valence-electron chi connectivity index (χ3n) is 9.38. The Hall–Kier alpha value is -2.51. The Morgan fingerprint density at radius 2 is 1.73 bits per heavy atom. The monoisotopic (exact) mass is 660 g/mol. The van der Waals surface area contributed by atoms with E-state index in [2.05, 4.69) is 9.97 Å². The summed E-state index contributed by atoms with van der Waals surface area (Å²) in [6, 6.07) is 8.06. The standard InChI is InChI=1S/C31H40F4N2O5S2/c1-18(2)26-24(43(6,39)40)14-19(3)16-29(26,25-15-23-22(37-25)12-9-13-36-23)30(38,31(33,34)35)17-28(4,5)20-10-8-11-21(32)27(20)44(7,41)42/h8-13,15,18-19,24,26,37-38H,14,16-17H2,1-7H3. The first kappa shape index (κ1) is 34.4. The maximum atomic E-state index is 15.9. The third kappa shape index (κ3) is 5.68. The molecule has 0 radical (unpaired) electrons. The number of H-pyrrole nitrogens is 1. The lowest BCUT2D eigenvalue weighted by molar-refractivity contribution is -0.308. The highest BCUT2D eigenvalue weighted by Crippen LogP contribution is 2.62. The molecular weight excluding hydrogens is 620 g/mol. The number of aromatic nitrogens is 2. The predicted octanol–water partition coefficient (Wildman–Crippen LogP) is 6.12. The van der Waals surface area contributed by atoms with Gasteiger partial charge < -0.3 is 10.1 Å². The van der Waals surface area contributed by atoms with Gasteiger partial charge in [-0.05, 0) is 72.3 Å². The van der Waals surface area contributed by atoms with Crippen LogP contribution in [0.25, 0.3) is 11.0 Å². The molecule has 1 fully saturated rings. The van der Waals surface area contributed by atoms with Crippen LogP contribution in [0.4, 0.5) is 17.6 Å². The normalized spacial score (nSPS) is 25.3. The van der Waals surface area contributed by atoms with Gasteiger partial charge in [0, 0.05) is 24.4 Å². The van der Waals surface area contributed by atoms with Crippen LogP contribution in [0.3, 0.4) is 0 Å². The zero-order valence-corrected chi connectivity index (χ0v) is 27.5. The molecule has 1 aromatic carbocycles. The van der Waals surface area contributed by atoms with Crippen LogP contribution in [0.5, 0.6) is 0 Å². The van der Waals surface area contributed by atoms with Crippen molar-refractivity contribution in [1.29, 1.82) is 0 Å². The van der Waals surface area contributed by atoms with Gasteiger partial charge in [0.25, 0.3) is 0 Å². The number of nitrogens with one attached hydrogen (secondary N) is 1. The fourth-order valence-corrected chi connectivity index (χ4v) is 10.8. The summed E-state index contributed by atoms with van der Waals surface area (Å²) in [6.07, 6.45) is -3.32. The van der Waals surface area contributed by atoms with Crippen molar-refractivity contribution in [1.82, 2.24) is 9.97 Å². The number of halogens is 4. The average molecular weight is 661 g/mol. The van der Waals surface area contributed by atoms with Gasteiger partial charge in [0.15, 0.2) is 25.3 Å². The maximum Gasteiger partial charge on any atom is 0.418 e. The molecule has 0 aliphatic heterocycles. The molecule has 2 aromatic heterocycles. The molecule has 13 heteroatoms. The van der Waals surface area contributed by atoms with E-state index in [4.69, 9.17) is 0 Å². The van der Waals surface area contributed by atoms with E-state index in [0.717, 1.165) is 18.6 Å². The van der Waals surface area contributed by atoms with Crippen molar-refractivity contribution in [3.8, 4) is 0 Å². The lowest BCUT2D eigenvalue weighted by Gasteiger charge is -2.59. The Bertz CT molecular complexity index is 1740. The smallest absolute Gasteiger partial charge is 0.380 e. The number of fused-ring (bicyclic) bond motifs is 1. The number of alkyl halides is 3. The van der Waals surface area contributed by atoms with E-state index in [1.807, 2.05) is 0 Å². The summed E-state index contributed by atoms with van der Waals surface area (Å²) < 4.78 is 115. The van der Waals surface area contributed by atoms with Gasteiger partial charge in [0.2, 0.25) is 0 Å². The van der Waals surface area contributed by atoms with Gasteiger partial charge in [-0.1, -0.05) is 46.8 Å². The highest BCUT2D eigenvalue weighted by Gasteiger charge is 2.73. The summed E-state index contributed by atoms with van der Waals surface area (Å²) in [5.74, 6) is -3.57. The zero-order chi connectivity index (χ0) is 33.3. The molecular formula is C31H40F4N2O5S2. The number of hydrogen-bond donors (Lipinski definition) is 2. The largest absolute Gasteiger partial charge is 0.418 e. The fourth-order valence-electron chi connectivity index (χ4n) is 7.89. The SMILES string of the molecule is CC1CC(S(C)(=O)=O)C(C(C)C)C(c2cc3ncccc3[nH]2)(C(O)(CC(C)(C)c2cccc(F)c2S(C)(=O)=O)C(F)(F)F)C1. The van der Waals surface area contributed by atoms with Crippen molar-refractivity contribution in [3.63, 3.8) is 0 Å². The summed E-state index contributed by atoms with van der Waals surface area (Å²) in [5, 5.41) is 11.3. The van der Waals surface area contributed by atoms with Crippen LogP contribution in [-0.4, -0.2) is 61.4 Å². The van der Waals surface area contributed by atoms with Gasteiger partial charge in [0.1, 0.15) is 10.7 Å². The van der Waals surface area contributed by atoms with Crippen LogP contribution >= 0.6 is 0 Å². The molecule has 0 bridgehead atoms. The van der Waals surface area contributed by atoms with Crippen LogP contribution in [0.1, 0.15) is 65.1 Å². The number of benzene rings is 1. The highest BCUT2D eigenvalue weighted by atomic mass is 32.2. The molecule has 0 saturated heterocycles. The first-order valence-corrected chi connectivity index (χ1v) is 18.2. The number of aliphatic hydroxyl groups is 1. The van der Waals surface area contributed by atoms with E-state index in [-0.39, 0.29) is 24.1 Å². The number of aromatic amines is 1. The fraction of sp³-hybridized carbons (Fsp3) is 0.581. The van der Waals surface area contributed by atoms with Gasteiger partial charge in [-0.25, -0.2) is 21.2 Å². The van der Waals surface area contributed by atoms with Crippen molar-refractivity contribution in [2.75, 3.05) is 12.5 Å². The molecule has 44 heavy (non-hydrogen) atoms. The number of sulfone groups is 2. The average Bonchev–Trinajstić information content (AvgIpc) is 3.30. The molecule has 5 atom stereocenters. The summed E-state index contributed by atoms with van der Waals surface area (Å²) >= 11 is 0. The van der Waals surface area contributed by atoms with Crippen molar-refractivity contribution in [2.24, 2.45) is 17.8 Å². The predicted molar refractivity (Wildman–Crippen MR) is 161 cm³/mol. The minimum atomic E-state index is -5.35. The number of hydrogen-bond acceptors (Lipinski definition) is 6. The second-order valence-corrected chi connectivity index (χ2v) is 17.8. The molecule has 2 N–H and O–H groups in total. The van der Waals surface area contributed by atoms with Crippen LogP contribution in [0.2, 0.25) is 0 Å². The molecule has 4 rings (SSSR count). The van der Waals surface area contributed by atoms with Crippen molar-refractivity contribution < 1.29 is 39.5 Å². The Morgan fingerprint density at radius 3 is 2.25 bits per heavy atom. The van der Waals surface area contributed by atoms with Crippen LogP contribution in [0, 0.1) is 23.6 Å². The first-order chi connectivity index (χ1) is 20.0. The second kappa shape index (κ2) is 11.1. The summed E-state index contributed by atoms with van der Waals surface area (Å²) in [5.41, 5.74) is -7.15. The Balaban J connectivity index is 2.14. The summed E-state index contributed by atoms with van der Waals surface area (Å²) in [4.78, 5) is 6.59. The second-order valence-electron chi connectivity index (χ2n) is 13.6. The first-order valence-electron chi connectivity index (χ1n) is 14.4. The molecule has 5 unspecified atom stereocenters. The van der Waals surface area contributed by atoms with Gasteiger partial charge in [0.05, 0.1) is 21.7 Å². The van der Waals surface area contributed by atoms with Gasteiger partial charge in [-0.3, -0.25) is 4.98 Å². The van der Waals surface area contributed by atoms with Gasteiger partial charge >= 0.3 is 6.18 Å². The highest BCUT2D eigenvalue weighted by molar-refractivity contribution is 7.91.